The SMILES string of the molecule is Cc1nn(CC(=O)Nc2ccc(C3CCOCC3)cn2)c(C)c1-c1ccnc(C(F)(F)F)c1. The number of rotatable bonds is 5. The van der Waals surface area contributed by atoms with Crippen molar-refractivity contribution in [2.75, 3.05) is 18.5 Å². The highest BCUT2D eigenvalue weighted by Gasteiger charge is 2.33. The highest BCUT2D eigenvalue weighted by molar-refractivity contribution is 5.89. The first-order valence-corrected chi connectivity index (χ1v) is 10.6. The van der Waals surface area contributed by atoms with Crippen LogP contribution in [0.25, 0.3) is 11.1 Å². The Balaban J connectivity index is 1.46. The number of alkyl halides is 3. The third-order valence-electron chi connectivity index (χ3n) is 5.76. The number of carbonyl (C=O) groups excluding carboxylic acids is 1. The Morgan fingerprint density at radius 2 is 1.94 bits per heavy atom. The number of aryl methyl sites for hydroxylation is 1. The summed E-state index contributed by atoms with van der Waals surface area (Å²) < 4.78 is 46.0. The molecule has 0 unspecified atom stereocenters. The van der Waals surface area contributed by atoms with Crippen LogP contribution in [-0.4, -0.2) is 38.9 Å². The van der Waals surface area contributed by atoms with E-state index in [0.717, 1.165) is 43.9 Å². The molecule has 174 valence electrons. The summed E-state index contributed by atoms with van der Waals surface area (Å²) in [7, 11) is 0. The van der Waals surface area contributed by atoms with Gasteiger partial charge in [-0.05, 0) is 61.9 Å². The Morgan fingerprint density at radius 3 is 2.61 bits per heavy atom. The van der Waals surface area contributed by atoms with Gasteiger partial charge >= 0.3 is 6.18 Å². The average Bonchev–Trinajstić information content (AvgIpc) is 3.07. The van der Waals surface area contributed by atoms with E-state index in [1.54, 1.807) is 26.1 Å². The van der Waals surface area contributed by atoms with Crippen molar-refractivity contribution in [2.45, 2.75) is 45.3 Å². The predicted octanol–water partition coefficient (Wildman–Crippen LogP) is 4.51. The molecule has 1 amide bonds. The minimum Gasteiger partial charge on any atom is -0.381 e. The summed E-state index contributed by atoms with van der Waals surface area (Å²) in [6.45, 7) is 4.81. The van der Waals surface area contributed by atoms with Gasteiger partial charge in [0, 0.05) is 36.9 Å². The molecule has 0 bridgehead atoms. The number of nitrogens with one attached hydrogen (secondary N) is 1. The second kappa shape index (κ2) is 9.30. The van der Waals surface area contributed by atoms with E-state index >= 15 is 0 Å². The number of carbonyl (C=O) groups is 1. The van der Waals surface area contributed by atoms with E-state index in [9.17, 15) is 18.0 Å². The van der Waals surface area contributed by atoms with E-state index in [0.29, 0.717) is 34.3 Å². The number of pyridine rings is 2. The fraction of sp³-hybridized carbons (Fsp3) is 0.391. The lowest BCUT2D eigenvalue weighted by Crippen LogP contribution is -2.21. The van der Waals surface area contributed by atoms with Crippen LogP contribution in [0, 0.1) is 13.8 Å². The lowest BCUT2D eigenvalue weighted by molar-refractivity contribution is -0.141. The van der Waals surface area contributed by atoms with Gasteiger partial charge in [0.25, 0.3) is 0 Å². The highest BCUT2D eigenvalue weighted by atomic mass is 19.4. The molecule has 3 aromatic heterocycles. The maximum Gasteiger partial charge on any atom is 0.433 e. The van der Waals surface area contributed by atoms with Crippen molar-refractivity contribution in [2.24, 2.45) is 0 Å². The summed E-state index contributed by atoms with van der Waals surface area (Å²) in [5, 5.41) is 7.11. The van der Waals surface area contributed by atoms with Crippen LogP contribution >= 0.6 is 0 Å². The number of halogens is 3. The molecule has 1 aliphatic heterocycles. The molecule has 10 heteroatoms. The summed E-state index contributed by atoms with van der Waals surface area (Å²) in [4.78, 5) is 20.3. The van der Waals surface area contributed by atoms with Crippen molar-refractivity contribution in [1.82, 2.24) is 19.7 Å². The Morgan fingerprint density at radius 1 is 1.18 bits per heavy atom. The highest BCUT2D eigenvalue weighted by Crippen LogP contribution is 2.33. The van der Waals surface area contributed by atoms with E-state index in [2.05, 4.69) is 20.4 Å². The van der Waals surface area contributed by atoms with Crippen LogP contribution in [0.1, 0.15) is 41.4 Å². The Kier molecular flexibility index (Phi) is 6.46. The molecule has 0 saturated carbocycles. The van der Waals surface area contributed by atoms with Crippen molar-refractivity contribution < 1.29 is 22.7 Å². The third kappa shape index (κ3) is 5.22. The first kappa shape index (κ1) is 22.9. The van der Waals surface area contributed by atoms with Crippen LogP contribution in [0.4, 0.5) is 19.0 Å². The number of anilines is 1. The standard InChI is InChI=1S/C23H24F3N5O2/c1-14-22(17-5-8-27-19(11-17)23(24,25)26)15(2)31(30-14)13-21(32)29-20-4-3-18(12-28-20)16-6-9-33-10-7-16/h3-5,8,11-12,16H,6-7,9-10,13H2,1-2H3,(H,28,29,32). The van der Waals surface area contributed by atoms with Gasteiger partial charge < -0.3 is 10.1 Å². The van der Waals surface area contributed by atoms with Gasteiger partial charge in [0.1, 0.15) is 18.1 Å². The molecule has 1 saturated heterocycles. The quantitative estimate of drug-likeness (QED) is 0.607. The molecule has 1 fully saturated rings. The van der Waals surface area contributed by atoms with Gasteiger partial charge in [0.2, 0.25) is 5.91 Å². The number of amides is 1. The molecule has 0 aliphatic carbocycles. The lowest BCUT2D eigenvalue weighted by Gasteiger charge is -2.22. The Hall–Kier alpha value is -3.27. The molecule has 4 heterocycles. The van der Waals surface area contributed by atoms with E-state index in [-0.39, 0.29) is 12.5 Å². The minimum atomic E-state index is -4.54. The minimum absolute atomic E-state index is 0.0900. The molecular weight excluding hydrogens is 435 g/mol. The zero-order chi connectivity index (χ0) is 23.6. The van der Waals surface area contributed by atoms with Gasteiger partial charge in [0.15, 0.2) is 0 Å². The molecule has 0 atom stereocenters. The second-order valence-electron chi connectivity index (χ2n) is 8.04. The molecule has 7 nitrogen and oxygen atoms in total. The third-order valence-corrected chi connectivity index (χ3v) is 5.76. The molecule has 3 aromatic rings. The molecule has 0 radical (unpaired) electrons. The number of aromatic nitrogens is 4. The van der Waals surface area contributed by atoms with Crippen molar-refractivity contribution in [1.29, 1.82) is 0 Å². The largest absolute Gasteiger partial charge is 0.433 e. The Bertz CT molecular complexity index is 1140. The number of ether oxygens (including phenoxy) is 1. The van der Waals surface area contributed by atoms with Gasteiger partial charge in [-0.3, -0.25) is 14.5 Å². The lowest BCUT2D eigenvalue weighted by atomic mass is 9.93. The first-order valence-electron chi connectivity index (χ1n) is 10.6. The van der Waals surface area contributed by atoms with Crippen molar-refractivity contribution >= 4 is 11.7 Å². The van der Waals surface area contributed by atoms with Crippen molar-refractivity contribution in [3.8, 4) is 11.1 Å². The van der Waals surface area contributed by atoms with Gasteiger partial charge in [-0.2, -0.15) is 18.3 Å². The van der Waals surface area contributed by atoms with Crippen LogP contribution in [0.3, 0.4) is 0 Å². The molecule has 33 heavy (non-hydrogen) atoms. The van der Waals surface area contributed by atoms with Gasteiger partial charge in [0.05, 0.1) is 5.69 Å². The Labute approximate surface area is 189 Å². The summed E-state index contributed by atoms with van der Waals surface area (Å²) in [6, 6.07) is 6.22. The maximum atomic E-state index is 13.1. The fourth-order valence-corrected chi connectivity index (χ4v) is 4.08. The van der Waals surface area contributed by atoms with Crippen molar-refractivity contribution in [3.63, 3.8) is 0 Å². The van der Waals surface area contributed by atoms with E-state index < -0.39 is 11.9 Å². The van der Waals surface area contributed by atoms with Crippen LogP contribution in [0.15, 0.2) is 36.7 Å². The average molecular weight is 459 g/mol. The smallest absolute Gasteiger partial charge is 0.381 e. The van der Waals surface area contributed by atoms with Crippen LogP contribution in [0.5, 0.6) is 0 Å². The summed E-state index contributed by atoms with van der Waals surface area (Å²) in [5.74, 6) is 0.515. The number of nitrogens with zero attached hydrogens (tertiary/aromatic N) is 4. The van der Waals surface area contributed by atoms with Crippen LogP contribution < -0.4 is 5.32 Å². The van der Waals surface area contributed by atoms with Crippen LogP contribution in [-0.2, 0) is 22.3 Å². The monoisotopic (exact) mass is 459 g/mol. The number of hydrogen-bond donors (Lipinski definition) is 1. The van der Waals surface area contributed by atoms with Crippen molar-refractivity contribution in [3.05, 3.63) is 59.3 Å². The topological polar surface area (TPSA) is 81.9 Å². The molecular formula is C23H24F3N5O2. The van der Waals surface area contributed by atoms with Gasteiger partial charge in [-0.25, -0.2) is 4.98 Å². The first-order chi connectivity index (χ1) is 15.7. The summed E-state index contributed by atoms with van der Waals surface area (Å²) in [5.41, 5.74) is 2.16. The van der Waals surface area contributed by atoms with Crippen LogP contribution in [0.2, 0.25) is 0 Å². The second-order valence-corrected chi connectivity index (χ2v) is 8.04. The van der Waals surface area contributed by atoms with E-state index in [4.69, 9.17) is 4.74 Å². The zero-order valence-electron chi connectivity index (χ0n) is 18.3. The molecule has 0 spiro atoms. The molecule has 4 rings (SSSR count). The van der Waals surface area contributed by atoms with E-state index in [1.165, 1.54) is 10.7 Å². The maximum absolute atomic E-state index is 13.1. The number of hydrogen-bond acceptors (Lipinski definition) is 5. The molecule has 1 aliphatic rings. The van der Waals surface area contributed by atoms with E-state index in [1.807, 2.05) is 6.07 Å². The normalized spacial score (nSPS) is 14.9. The van der Waals surface area contributed by atoms with Gasteiger partial charge in [-0.15, -0.1) is 0 Å². The molecule has 0 aromatic carbocycles. The summed E-state index contributed by atoms with van der Waals surface area (Å²) in [6.07, 6.45) is 0.262. The molecule has 1 N–H and O–H groups in total. The fourth-order valence-electron chi connectivity index (χ4n) is 4.08. The summed E-state index contributed by atoms with van der Waals surface area (Å²) >= 11 is 0. The van der Waals surface area contributed by atoms with Gasteiger partial charge in [-0.1, -0.05) is 6.07 Å². The zero-order valence-corrected chi connectivity index (χ0v) is 18.3. The predicted molar refractivity (Wildman–Crippen MR) is 116 cm³/mol.